The van der Waals surface area contributed by atoms with E-state index in [9.17, 15) is 13.2 Å². The van der Waals surface area contributed by atoms with Crippen LogP contribution in [0.1, 0.15) is 25.3 Å². The lowest BCUT2D eigenvalue weighted by Gasteiger charge is -2.17. The smallest absolute Gasteiger partial charge is 0.263 e. The van der Waals surface area contributed by atoms with Gasteiger partial charge in [0.15, 0.2) is 0 Å². The fourth-order valence-corrected chi connectivity index (χ4v) is 4.13. The van der Waals surface area contributed by atoms with Crippen LogP contribution in [0.2, 0.25) is 0 Å². The number of hydrogen-bond acceptors (Lipinski definition) is 5. The van der Waals surface area contributed by atoms with Gasteiger partial charge in [-0.2, -0.15) is 0 Å². The molecule has 132 valence electrons. The highest BCUT2D eigenvalue weighted by molar-refractivity contribution is 7.90. The molecule has 2 aliphatic rings. The molecule has 0 radical (unpaired) electrons. The van der Waals surface area contributed by atoms with Crippen molar-refractivity contribution in [1.29, 1.82) is 0 Å². The van der Waals surface area contributed by atoms with Crippen LogP contribution in [-0.4, -0.2) is 50.2 Å². The number of halogens is 1. The SMILES string of the molecule is CC(CC(=O)N1CC[C@@H](N)C1)N=C1NS(=O)(=O)c2ccccc21.Cl. The highest BCUT2D eigenvalue weighted by atomic mass is 35.5. The molecule has 2 aliphatic heterocycles. The lowest BCUT2D eigenvalue weighted by Crippen LogP contribution is -2.33. The number of likely N-dealkylation sites (tertiary alicyclic amines) is 1. The number of carbonyl (C=O) groups is 1. The van der Waals surface area contributed by atoms with Crippen LogP contribution in [0, 0.1) is 0 Å². The molecule has 0 aromatic heterocycles. The van der Waals surface area contributed by atoms with E-state index >= 15 is 0 Å². The molecule has 0 bridgehead atoms. The molecule has 1 aromatic rings. The molecule has 1 unspecified atom stereocenters. The van der Waals surface area contributed by atoms with Gasteiger partial charge in [-0.25, -0.2) is 8.42 Å². The molecule has 24 heavy (non-hydrogen) atoms. The zero-order chi connectivity index (χ0) is 16.6. The van der Waals surface area contributed by atoms with Crippen LogP contribution in [0.5, 0.6) is 0 Å². The molecule has 2 atom stereocenters. The fraction of sp³-hybridized carbons (Fsp3) is 0.467. The lowest BCUT2D eigenvalue weighted by atomic mass is 10.2. The van der Waals surface area contributed by atoms with E-state index in [1.54, 1.807) is 36.1 Å². The summed E-state index contributed by atoms with van der Waals surface area (Å²) in [6, 6.07) is 6.42. The van der Waals surface area contributed by atoms with Gasteiger partial charge in [0.2, 0.25) is 5.91 Å². The minimum atomic E-state index is -3.54. The number of rotatable bonds is 3. The van der Waals surface area contributed by atoms with E-state index in [1.807, 2.05) is 0 Å². The number of amides is 1. The van der Waals surface area contributed by atoms with E-state index in [0.29, 0.717) is 24.5 Å². The van der Waals surface area contributed by atoms with Crippen molar-refractivity contribution in [3.63, 3.8) is 0 Å². The molecule has 0 aliphatic carbocycles. The zero-order valence-electron chi connectivity index (χ0n) is 13.3. The molecule has 1 amide bonds. The molecule has 0 saturated carbocycles. The van der Waals surface area contributed by atoms with E-state index in [2.05, 4.69) is 9.71 Å². The molecule has 2 heterocycles. The summed E-state index contributed by atoms with van der Waals surface area (Å²) in [5.41, 5.74) is 6.36. The number of nitrogens with two attached hydrogens (primary N) is 1. The summed E-state index contributed by atoms with van der Waals surface area (Å²) in [7, 11) is -3.54. The summed E-state index contributed by atoms with van der Waals surface area (Å²) in [5.74, 6) is 0.308. The van der Waals surface area contributed by atoms with Crippen LogP contribution in [0.4, 0.5) is 0 Å². The molecular formula is C15H21ClN4O3S. The minimum absolute atomic E-state index is 0. The van der Waals surface area contributed by atoms with Crippen molar-refractivity contribution in [2.75, 3.05) is 13.1 Å². The maximum Gasteiger partial charge on any atom is 0.263 e. The first-order valence-corrected chi connectivity index (χ1v) is 9.08. The van der Waals surface area contributed by atoms with Gasteiger partial charge in [-0.05, 0) is 25.5 Å². The lowest BCUT2D eigenvalue weighted by molar-refractivity contribution is -0.130. The molecule has 1 aromatic carbocycles. The normalized spacial score (nSPS) is 24.2. The second kappa shape index (κ2) is 7.08. The number of amidine groups is 1. The molecular weight excluding hydrogens is 352 g/mol. The molecule has 3 rings (SSSR count). The Morgan fingerprint density at radius 2 is 2.17 bits per heavy atom. The first-order chi connectivity index (χ1) is 10.9. The average molecular weight is 373 g/mol. The Hall–Kier alpha value is -1.64. The van der Waals surface area contributed by atoms with Crippen molar-refractivity contribution < 1.29 is 13.2 Å². The summed E-state index contributed by atoms with van der Waals surface area (Å²) in [4.78, 5) is 18.6. The van der Waals surface area contributed by atoms with Crippen molar-refractivity contribution in [1.82, 2.24) is 9.62 Å². The van der Waals surface area contributed by atoms with E-state index in [4.69, 9.17) is 5.73 Å². The molecule has 7 nitrogen and oxygen atoms in total. The van der Waals surface area contributed by atoms with Gasteiger partial charge in [0.25, 0.3) is 10.0 Å². The van der Waals surface area contributed by atoms with Crippen molar-refractivity contribution >= 4 is 34.2 Å². The summed E-state index contributed by atoms with van der Waals surface area (Å²) in [6.07, 6.45) is 1.06. The predicted octanol–water partition coefficient (Wildman–Crippen LogP) is 0.485. The largest absolute Gasteiger partial charge is 0.341 e. The Bertz CT molecular complexity index is 766. The third kappa shape index (κ3) is 3.71. The van der Waals surface area contributed by atoms with Crippen LogP contribution in [0.15, 0.2) is 34.2 Å². The molecule has 1 fully saturated rings. The van der Waals surface area contributed by atoms with Crippen molar-refractivity contribution in [3.05, 3.63) is 29.8 Å². The van der Waals surface area contributed by atoms with Gasteiger partial charge in [0.05, 0.1) is 10.9 Å². The number of benzene rings is 1. The van der Waals surface area contributed by atoms with Gasteiger partial charge in [-0.15, -0.1) is 12.4 Å². The molecule has 9 heteroatoms. The highest BCUT2D eigenvalue weighted by Gasteiger charge is 2.31. The first kappa shape index (κ1) is 18.7. The number of aliphatic imine (C=N–C) groups is 1. The van der Waals surface area contributed by atoms with E-state index in [-0.39, 0.29) is 41.7 Å². The average Bonchev–Trinajstić information content (AvgIpc) is 3.02. The third-order valence-corrected chi connectivity index (χ3v) is 5.46. The van der Waals surface area contributed by atoms with Crippen molar-refractivity contribution in [2.45, 2.75) is 36.7 Å². The highest BCUT2D eigenvalue weighted by Crippen LogP contribution is 2.23. The summed E-state index contributed by atoms with van der Waals surface area (Å²) >= 11 is 0. The summed E-state index contributed by atoms with van der Waals surface area (Å²) in [6.45, 7) is 3.06. The number of hydrogen-bond donors (Lipinski definition) is 2. The van der Waals surface area contributed by atoms with Gasteiger partial charge in [-0.1, -0.05) is 12.1 Å². The summed E-state index contributed by atoms with van der Waals surface area (Å²) < 4.78 is 26.5. The maximum absolute atomic E-state index is 12.2. The summed E-state index contributed by atoms with van der Waals surface area (Å²) in [5, 5.41) is 0. The molecule has 0 spiro atoms. The Balaban J connectivity index is 0.00000208. The maximum atomic E-state index is 12.2. The quantitative estimate of drug-likeness (QED) is 0.805. The number of nitrogens with zero attached hydrogens (tertiary/aromatic N) is 2. The Morgan fingerprint density at radius 1 is 1.46 bits per heavy atom. The van der Waals surface area contributed by atoms with Crippen LogP contribution in [0.25, 0.3) is 0 Å². The number of nitrogens with one attached hydrogen (secondary N) is 1. The number of sulfonamides is 1. The second-order valence-corrected chi connectivity index (χ2v) is 7.67. The van der Waals surface area contributed by atoms with Gasteiger partial charge in [-0.3, -0.25) is 14.5 Å². The van der Waals surface area contributed by atoms with Gasteiger partial charge in [0.1, 0.15) is 5.84 Å². The fourth-order valence-electron chi connectivity index (χ4n) is 2.89. The monoisotopic (exact) mass is 372 g/mol. The third-order valence-electron chi connectivity index (χ3n) is 4.06. The van der Waals surface area contributed by atoms with Gasteiger partial charge >= 0.3 is 0 Å². The van der Waals surface area contributed by atoms with E-state index in [0.717, 1.165) is 6.42 Å². The van der Waals surface area contributed by atoms with E-state index < -0.39 is 10.0 Å². The van der Waals surface area contributed by atoms with E-state index in [1.165, 1.54) is 0 Å². The van der Waals surface area contributed by atoms with Gasteiger partial charge < -0.3 is 10.6 Å². The molecule has 3 N–H and O–H groups in total. The number of fused-ring (bicyclic) bond motifs is 1. The second-order valence-electron chi connectivity index (χ2n) is 6.02. The minimum Gasteiger partial charge on any atom is -0.341 e. The van der Waals surface area contributed by atoms with Crippen LogP contribution < -0.4 is 10.5 Å². The topological polar surface area (TPSA) is 105 Å². The Kier molecular flexibility index (Phi) is 5.52. The Labute approximate surface area is 147 Å². The van der Waals surface area contributed by atoms with Crippen LogP contribution in [0.3, 0.4) is 0 Å². The van der Waals surface area contributed by atoms with Crippen molar-refractivity contribution in [2.24, 2.45) is 10.7 Å². The van der Waals surface area contributed by atoms with Crippen molar-refractivity contribution in [3.8, 4) is 0 Å². The zero-order valence-corrected chi connectivity index (χ0v) is 14.9. The first-order valence-electron chi connectivity index (χ1n) is 7.60. The van der Waals surface area contributed by atoms with Crippen LogP contribution in [-0.2, 0) is 14.8 Å². The van der Waals surface area contributed by atoms with Gasteiger partial charge in [0, 0.05) is 31.1 Å². The van der Waals surface area contributed by atoms with Crippen LogP contribution >= 0.6 is 12.4 Å². The molecule has 1 saturated heterocycles. The Morgan fingerprint density at radius 3 is 2.83 bits per heavy atom. The standard InChI is InChI=1S/C15H20N4O3S.ClH/c1-10(8-14(20)19-7-6-11(16)9-19)17-15-12-4-2-3-5-13(12)23(21,22)18-15;/h2-5,10-11H,6-9,16H2,1H3,(H,17,18);1H/t10?,11-;/m1./s1. The predicted molar refractivity (Wildman–Crippen MR) is 93.8 cm³/mol. The number of carbonyl (C=O) groups excluding carboxylic acids is 1.